The molecule has 0 unspecified atom stereocenters. The minimum atomic E-state index is -5.29. The zero-order valence-electron chi connectivity index (χ0n) is 39.5. The molecule has 0 N–H and O–H groups in total. The molecule has 5 aromatic rings. The molecule has 6 rings (SSSR count). The quantitative estimate of drug-likeness (QED) is 0.0559. The molecule has 1 aliphatic rings. The Balaban J connectivity index is 0.00000116. The van der Waals surface area contributed by atoms with Crippen molar-refractivity contribution in [3.8, 4) is 0 Å². The Morgan fingerprint density at radius 3 is 1.07 bits per heavy atom. The summed E-state index contributed by atoms with van der Waals surface area (Å²) >= 11 is 0. The molecule has 1 aliphatic heterocycles. The van der Waals surface area contributed by atoms with Crippen LogP contribution in [0.4, 0.5) is 65.9 Å². The fourth-order valence-corrected chi connectivity index (χ4v) is 16.7. The van der Waals surface area contributed by atoms with E-state index in [9.17, 15) is 30.7 Å². The fraction of sp³-hybridized carbons (Fsp3) is 0.386. The summed E-state index contributed by atoms with van der Waals surface area (Å²) in [5.74, 6) is -41.5. The number of imidazole rings is 1. The van der Waals surface area contributed by atoms with Gasteiger partial charge in [-0.1, -0.05) is 124 Å². The third-order valence-corrected chi connectivity index (χ3v) is 17.2. The minimum Gasteiger partial charge on any atom is -0.597 e. The third kappa shape index (κ3) is 10.2. The molecule has 0 radical (unpaired) electrons. The van der Waals surface area contributed by atoms with Crippen LogP contribution >= 0.6 is 16.1 Å². The highest BCUT2D eigenvalue weighted by molar-refractivity contribution is 7.59. The number of aromatic nitrogens is 2. The molecule has 0 amide bonds. The minimum absolute atomic E-state index is 0.828. The Morgan fingerprint density at radius 2 is 0.783 bits per heavy atom. The maximum absolute atomic E-state index is 16.8. The second-order valence-electron chi connectivity index (χ2n) is 20.0. The summed E-state index contributed by atoms with van der Waals surface area (Å²) in [6, 6.07) is 10.3. The van der Waals surface area contributed by atoms with E-state index in [1.165, 1.54) is 26.6 Å². The molecule has 374 valence electrons. The number of halogens is 15. The van der Waals surface area contributed by atoms with E-state index in [2.05, 4.69) is 19.1 Å². The maximum Gasteiger partial charge on any atom is 0.442 e. The molecule has 0 spiro atoms. The van der Waals surface area contributed by atoms with E-state index in [-0.39, 0.29) is 0 Å². The van der Waals surface area contributed by atoms with E-state index in [1.807, 2.05) is 18.2 Å². The number of hydrogen-bond acceptors (Lipinski definition) is 3. The van der Waals surface area contributed by atoms with Crippen molar-refractivity contribution in [2.24, 2.45) is 0 Å². The smallest absolute Gasteiger partial charge is 0.442 e. The van der Waals surface area contributed by atoms with Crippen molar-refractivity contribution >= 4 is 59.0 Å². The lowest BCUT2D eigenvalue weighted by Crippen LogP contribution is -2.82. The summed E-state index contributed by atoms with van der Waals surface area (Å²) in [5.41, 5.74) is -6.13. The number of benzene rings is 4. The van der Waals surface area contributed by atoms with Crippen LogP contribution in [0.2, 0.25) is 0 Å². The van der Waals surface area contributed by atoms with Gasteiger partial charge in [-0.05, 0) is 6.92 Å². The first kappa shape index (κ1) is 55.9. The van der Waals surface area contributed by atoms with Crippen LogP contribution in [0.25, 0.3) is 0 Å². The second-order valence-corrected chi connectivity index (χ2v) is 27.5. The number of nitrogens with zero attached hydrogens (tertiary/aromatic N) is 2. The molecule has 1 fully saturated rings. The molecule has 0 bridgehead atoms. The summed E-state index contributed by atoms with van der Waals surface area (Å²) < 4.78 is 252. The van der Waals surface area contributed by atoms with Crippen LogP contribution in [0.3, 0.4) is 0 Å². The number of aryl methyl sites for hydroxylation is 1. The number of rotatable bonds is 6. The molecule has 2 heterocycles. The molecule has 1 aromatic heterocycles. The van der Waals surface area contributed by atoms with Gasteiger partial charge in [0.2, 0.25) is 0 Å². The SMILES string of the molecule is CC(C)(C)P(n1cc[n+](P(C(C)(C)C)C(C)(C)C)c1[B-]1(c2c(F)c(F)c(F)c(F)c2F)OB(c2c(F)c(F)c(F)c(F)c2F)OB(c2c(F)c(F)c(F)c(F)c2F)O1)C(C)(C)C.Cc1ccccc1. The average Bonchev–Trinajstić information content (AvgIpc) is 3.63. The lowest BCUT2D eigenvalue weighted by Gasteiger charge is -2.51. The molecular weight excluding hydrogens is 984 g/mol. The van der Waals surface area contributed by atoms with Gasteiger partial charge in [0.25, 0.3) is 0 Å². The third-order valence-electron chi connectivity index (χ3n) is 10.5. The van der Waals surface area contributed by atoms with Gasteiger partial charge in [0, 0.05) is 20.6 Å². The monoisotopic (exact) mass is 1030 g/mol. The lowest BCUT2D eigenvalue weighted by atomic mass is 9.44. The van der Waals surface area contributed by atoms with E-state index in [4.69, 9.17) is 13.7 Å². The molecule has 25 heteroatoms. The van der Waals surface area contributed by atoms with Crippen molar-refractivity contribution in [2.75, 3.05) is 0 Å². The fourth-order valence-electron chi connectivity index (χ4n) is 8.74. The Bertz CT molecular complexity index is 2540. The van der Waals surface area contributed by atoms with Crippen LogP contribution in [0.5, 0.6) is 0 Å². The van der Waals surface area contributed by atoms with Crippen molar-refractivity contribution in [3.63, 3.8) is 0 Å². The first-order valence-electron chi connectivity index (χ1n) is 20.9. The van der Waals surface area contributed by atoms with E-state index >= 15 is 35.1 Å². The number of hydrogen-bond donors (Lipinski definition) is 0. The first-order valence-corrected chi connectivity index (χ1v) is 23.5. The van der Waals surface area contributed by atoms with Crippen LogP contribution in [0.15, 0.2) is 42.7 Å². The van der Waals surface area contributed by atoms with Crippen LogP contribution in [-0.4, -0.2) is 45.8 Å². The van der Waals surface area contributed by atoms with Crippen LogP contribution in [0.1, 0.15) is 88.6 Å². The van der Waals surface area contributed by atoms with Gasteiger partial charge in [0.1, 0.15) is 45.9 Å². The summed E-state index contributed by atoms with van der Waals surface area (Å²) in [6.07, 6.45) is 2.53. The largest absolute Gasteiger partial charge is 0.597 e. The molecule has 0 saturated carbocycles. The Kier molecular flexibility index (Phi) is 15.8. The molecule has 69 heavy (non-hydrogen) atoms. The average molecular weight is 1030 g/mol. The Hall–Kier alpha value is -4.03. The molecule has 4 aromatic carbocycles. The van der Waals surface area contributed by atoms with Crippen molar-refractivity contribution in [2.45, 2.75) is 111 Å². The highest BCUT2D eigenvalue weighted by Crippen LogP contribution is 2.61. The normalized spacial score (nSPS) is 14.8. The first-order chi connectivity index (χ1) is 31.4. The van der Waals surface area contributed by atoms with Gasteiger partial charge in [-0.25, -0.2) is 74.5 Å². The van der Waals surface area contributed by atoms with Crippen molar-refractivity contribution in [3.05, 3.63) is 136 Å². The van der Waals surface area contributed by atoms with Crippen molar-refractivity contribution in [1.82, 2.24) is 4.34 Å². The Morgan fingerprint density at radius 1 is 0.464 bits per heavy atom. The second kappa shape index (κ2) is 19.5. The predicted octanol–water partition coefficient (Wildman–Crippen LogP) is 11.0. The standard InChI is InChI=1S/C37H38B3F15N2O3P2.C7H8/c1-34(2,3)61(35(4,5)6)56-13-14-57(62(36(7,8)9)37(10,11)12)33(56)40(17-22(45)28(51)32(55)29(52)23(17)46)59-38(15-18(41)24(47)30(53)25(48)19(15)42)58-39(60-40)16-20(43)26(49)31(54)27(50)21(16)44;1-7-5-3-2-4-6-7/h13-14H,1-12H3;2-6H,1H3. The lowest BCUT2D eigenvalue weighted by molar-refractivity contribution is -0.495. The van der Waals surface area contributed by atoms with E-state index in [0.717, 1.165) is 0 Å². The van der Waals surface area contributed by atoms with Crippen molar-refractivity contribution < 1.29 is 83.9 Å². The Labute approximate surface area is 392 Å². The summed E-state index contributed by atoms with van der Waals surface area (Å²) in [7, 11) is -11.0. The zero-order valence-corrected chi connectivity index (χ0v) is 41.2. The van der Waals surface area contributed by atoms with Crippen LogP contribution in [0, 0.1) is 94.2 Å². The van der Waals surface area contributed by atoms with Crippen LogP contribution in [-0.2, 0) is 13.7 Å². The van der Waals surface area contributed by atoms with E-state index in [1.54, 1.807) is 83.1 Å². The van der Waals surface area contributed by atoms with Gasteiger partial charge in [-0.15, -0.1) is 0 Å². The van der Waals surface area contributed by atoms with Gasteiger partial charge < -0.3 is 13.7 Å². The van der Waals surface area contributed by atoms with E-state index in [0.29, 0.717) is 0 Å². The zero-order chi connectivity index (χ0) is 52.6. The highest BCUT2D eigenvalue weighted by atomic mass is 31.1. The molecule has 0 aliphatic carbocycles. The van der Waals surface area contributed by atoms with Gasteiger partial charge in [0.05, 0.1) is 10.9 Å². The summed E-state index contributed by atoms with van der Waals surface area (Å²) in [6.45, 7) is 16.9. The summed E-state index contributed by atoms with van der Waals surface area (Å²) in [4.78, 5) is 0. The van der Waals surface area contributed by atoms with Gasteiger partial charge in [-0.2, -0.15) is 0 Å². The predicted molar refractivity (Wildman–Crippen MR) is 237 cm³/mol. The van der Waals surface area contributed by atoms with Gasteiger partial charge in [-0.3, -0.25) is 0 Å². The van der Waals surface area contributed by atoms with Crippen molar-refractivity contribution in [1.29, 1.82) is 0 Å². The van der Waals surface area contributed by atoms with E-state index < -0.39 is 167 Å². The molecule has 0 atom stereocenters. The van der Waals surface area contributed by atoms with Gasteiger partial charge in [0.15, 0.2) is 75.6 Å². The topological polar surface area (TPSA) is 36.5 Å². The van der Waals surface area contributed by atoms with Crippen LogP contribution < -0.4 is 26.4 Å². The summed E-state index contributed by atoms with van der Waals surface area (Å²) in [5, 5.41) is -3.92. The maximum atomic E-state index is 16.8. The molecule has 5 nitrogen and oxygen atoms in total. The highest BCUT2D eigenvalue weighted by Gasteiger charge is 2.61. The molecule has 1 saturated heterocycles. The van der Waals surface area contributed by atoms with Gasteiger partial charge >= 0.3 is 20.8 Å². The molecular formula is C44H46B3F15N2O3P2.